The zero-order valence-corrected chi connectivity index (χ0v) is 23.3. The molecule has 9 atom stereocenters. The van der Waals surface area contributed by atoms with Crippen molar-refractivity contribution < 1.29 is 33.6 Å². The highest BCUT2D eigenvalue weighted by Gasteiger charge is 2.60. The minimum absolute atomic E-state index is 0.0429. The van der Waals surface area contributed by atoms with Gasteiger partial charge >= 0.3 is 5.97 Å². The Balaban J connectivity index is 1.52. The zero-order chi connectivity index (χ0) is 27.2. The average Bonchev–Trinajstić information content (AvgIpc) is 3.19. The van der Waals surface area contributed by atoms with Crippen molar-refractivity contribution in [1.82, 2.24) is 0 Å². The molecule has 0 aromatic carbocycles. The first-order chi connectivity index (χ1) is 18.0. The molecule has 1 spiro atoms. The molecule has 0 aromatic heterocycles. The van der Waals surface area contributed by atoms with Crippen LogP contribution in [-0.2, 0) is 28.5 Å². The second-order valence-electron chi connectivity index (χ2n) is 12.2. The van der Waals surface area contributed by atoms with Crippen molar-refractivity contribution in [3.8, 4) is 0 Å². The van der Waals surface area contributed by atoms with E-state index in [9.17, 15) is 14.7 Å². The lowest BCUT2D eigenvalue weighted by molar-refractivity contribution is -0.332. The van der Waals surface area contributed by atoms with Crippen molar-refractivity contribution in [1.29, 1.82) is 0 Å². The maximum Gasteiger partial charge on any atom is 0.316 e. The predicted octanol–water partition coefficient (Wildman–Crippen LogP) is 4.74. The van der Waals surface area contributed by atoms with Crippen molar-refractivity contribution in [3.63, 3.8) is 0 Å². The Morgan fingerprint density at radius 2 is 1.87 bits per heavy atom. The van der Waals surface area contributed by atoms with E-state index >= 15 is 0 Å². The van der Waals surface area contributed by atoms with E-state index in [2.05, 4.69) is 39.8 Å². The summed E-state index contributed by atoms with van der Waals surface area (Å²) in [5.74, 6) is -1.97. The Morgan fingerprint density at radius 3 is 2.63 bits per heavy atom. The van der Waals surface area contributed by atoms with E-state index in [4.69, 9.17) is 18.9 Å². The monoisotopic (exact) mass is 526 g/mol. The standard InChI is InChI=1S/C31H42O7/c1-18-7-6-8-23-17-35-28-27(32)21(4)14-26(31(23,28)34)29(33)36-25-15-24(10-9-19(2)13-18)38-30(16-25)12-11-20(3)22(5)37-30/h6-9,14,18,20,22,24-26,28,34H,10-13,15-17H2,1-5H3/b7-6+,19-9+,23-8+/t18-,20-,22+,24+,25-,26-,28+,30-,31+/m0/s1. The fourth-order valence-electron chi connectivity index (χ4n) is 6.70. The number of hydrogen-bond acceptors (Lipinski definition) is 7. The van der Waals surface area contributed by atoms with E-state index in [1.807, 2.05) is 6.08 Å². The van der Waals surface area contributed by atoms with E-state index in [1.54, 1.807) is 19.1 Å². The largest absolute Gasteiger partial charge is 0.462 e. The van der Waals surface area contributed by atoms with E-state index in [0.717, 1.165) is 19.3 Å². The van der Waals surface area contributed by atoms with Gasteiger partial charge in [-0.25, -0.2) is 0 Å². The molecule has 2 bridgehead atoms. The second kappa shape index (κ2) is 10.5. The molecule has 7 heteroatoms. The van der Waals surface area contributed by atoms with Crippen molar-refractivity contribution in [2.75, 3.05) is 6.61 Å². The highest BCUT2D eigenvalue weighted by atomic mass is 16.7. The van der Waals surface area contributed by atoms with E-state index < -0.39 is 35.5 Å². The van der Waals surface area contributed by atoms with Crippen LogP contribution in [0.15, 0.2) is 47.1 Å². The Bertz CT molecular complexity index is 1090. The number of carbonyl (C=O) groups excluding carboxylic acids is 2. The van der Waals surface area contributed by atoms with Gasteiger partial charge < -0.3 is 24.1 Å². The summed E-state index contributed by atoms with van der Waals surface area (Å²) in [4.78, 5) is 26.7. The van der Waals surface area contributed by atoms with E-state index in [-0.39, 0.29) is 30.5 Å². The smallest absolute Gasteiger partial charge is 0.316 e. The summed E-state index contributed by atoms with van der Waals surface area (Å²) in [5, 5.41) is 11.9. The summed E-state index contributed by atoms with van der Waals surface area (Å²) in [6, 6.07) is 0. The quantitative estimate of drug-likeness (QED) is 0.360. The number of esters is 1. The normalized spacial score (nSPS) is 47.7. The van der Waals surface area contributed by atoms with Gasteiger partial charge in [0.25, 0.3) is 0 Å². The summed E-state index contributed by atoms with van der Waals surface area (Å²) in [6.07, 6.45) is 12.2. The fourth-order valence-corrected chi connectivity index (χ4v) is 6.70. The molecule has 0 saturated carbocycles. The van der Waals surface area contributed by atoms with Gasteiger partial charge in [0.05, 0.1) is 18.8 Å². The molecule has 0 unspecified atom stereocenters. The third-order valence-corrected chi connectivity index (χ3v) is 9.11. The minimum Gasteiger partial charge on any atom is -0.462 e. The lowest BCUT2D eigenvalue weighted by atomic mass is 9.71. The topological polar surface area (TPSA) is 91.3 Å². The highest BCUT2D eigenvalue weighted by Crippen LogP contribution is 2.46. The van der Waals surface area contributed by atoms with Gasteiger partial charge in [0, 0.05) is 19.3 Å². The Hall–Kier alpha value is -2.06. The molecule has 1 N–H and O–H groups in total. The molecule has 1 aliphatic carbocycles. The Kier molecular flexibility index (Phi) is 7.59. The number of ketones is 1. The molecule has 0 amide bonds. The summed E-state index contributed by atoms with van der Waals surface area (Å²) in [5.41, 5.74) is 0.416. The summed E-state index contributed by atoms with van der Waals surface area (Å²) in [6.45, 7) is 10.3. The van der Waals surface area contributed by atoms with Crippen LogP contribution in [0, 0.1) is 17.8 Å². The van der Waals surface area contributed by atoms with Crippen LogP contribution in [0.5, 0.6) is 0 Å². The minimum atomic E-state index is -1.78. The number of carbonyl (C=O) groups is 2. The molecule has 7 nitrogen and oxygen atoms in total. The third-order valence-electron chi connectivity index (χ3n) is 9.11. The van der Waals surface area contributed by atoms with Crippen LogP contribution in [-0.4, -0.2) is 59.3 Å². The lowest BCUT2D eigenvalue weighted by Crippen LogP contribution is -2.57. The average molecular weight is 527 g/mol. The number of allylic oxidation sites excluding steroid dienone is 4. The van der Waals surface area contributed by atoms with Gasteiger partial charge in [-0.1, -0.05) is 49.8 Å². The van der Waals surface area contributed by atoms with Gasteiger partial charge in [0.1, 0.15) is 17.6 Å². The van der Waals surface area contributed by atoms with E-state index in [0.29, 0.717) is 36.3 Å². The van der Waals surface area contributed by atoms with E-state index in [1.165, 1.54) is 5.57 Å². The van der Waals surface area contributed by atoms with Crippen LogP contribution in [0.3, 0.4) is 0 Å². The number of rotatable bonds is 0. The lowest BCUT2D eigenvalue weighted by Gasteiger charge is -2.49. The SMILES string of the molecule is CC1=C[C@H]2C(=O)O[C@H]3C[C@@H](C/C=C(\C)C[C@@H](C)/C=C/C=C4\CO[C@H](C1=O)[C@@]42O)O[C@@]1(CC[C@H](C)[C@@H](C)O1)C3. The van der Waals surface area contributed by atoms with Gasteiger partial charge in [0.2, 0.25) is 0 Å². The van der Waals surface area contributed by atoms with Crippen molar-refractivity contribution in [2.24, 2.45) is 17.8 Å². The van der Waals surface area contributed by atoms with Crippen LogP contribution >= 0.6 is 0 Å². The molecule has 38 heavy (non-hydrogen) atoms. The van der Waals surface area contributed by atoms with Crippen LogP contribution < -0.4 is 0 Å². The molecule has 0 aromatic rings. The predicted molar refractivity (Wildman–Crippen MR) is 142 cm³/mol. The number of fused-ring (bicyclic) bond motifs is 2. The van der Waals surface area contributed by atoms with Gasteiger partial charge in [0.15, 0.2) is 17.7 Å². The first-order valence-corrected chi connectivity index (χ1v) is 14.2. The number of hydrogen-bond donors (Lipinski definition) is 1. The maximum atomic E-state index is 13.8. The molecule has 4 aliphatic heterocycles. The van der Waals surface area contributed by atoms with Gasteiger partial charge in [-0.2, -0.15) is 0 Å². The fraction of sp³-hybridized carbons (Fsp3) is 0.677. The van der Waals surface area contributed by atoms with Crippen LogP contribution in [0.1, 0.15) is 73.1 Å². The van der Waals surface area contributed by atoms with Crippen molar-refractivity contribution >= 4 is 11.8 Å². The highest BCUT2D eigenvalue weighted by molar-refractivity contribution is 6.03. The molecule has 5 rings (SSSR count). The van der Waals surface area contributed by atoms with Gasteiger partial charge in [-0.05, 0) is 63.0 Å². The maximum absolute atomic E-state index is 13.8. The third kappa shape index (κ3) is 5.10. The molecular formula is C31H42O7. The molecule has 0 radical (unpaired) electrons. The summed E-state index contributed by atoms with van der Waals surface area (Å²) < 4.78 is 25.0. The number of Topliss-reactive ketones (excluding diaryl/α,β-unsaturated/α-hetero) is 1. The Labute approximate surface area is 225 Å². The number of ether oxygens (including phenoxy) is 4. The van der Waals surface area contributed by atoms with Crippen LogP contribution in [0.25, 0.3) is 0 Å². The Morgan fingerprint density at radius 1 is 1.08 bits per heavy atom. The molecule has 4 heterocycles. The van der Waals surface area contributed by atoms with Gasteiger partial charge in [-0.3, -0.25) is 9.59 Å². The number of aliphatic hydroxyl groups is 1. The first kappa shape index (κ1) is 27.5. The summed E-state index contributed by atoms with van der Waals surface area (Å²) >= 11 is 0. The summed E-state index contributed by atoms with van der Waals surface area (Å²) in [7, 11) is 0. The van der Waals surface area contributed by atoms with Crippen LogP contribution in [0.4, 0.5) is 0 Å². The molecule has 3 fully saturated rings. The van der Waals surface area contributed by atoms with Gasteiger partial charge in [-0.15, -0.1) is 0 Å². The molecule has 208 valence electrons. The zero-order valence-electron chi connectivity index (χ0n) is 23.3. The second-order valence-corrected chi connectivity index (χ2v) is 12.2. The molecule has 3 saturated heterocycles. The molecule has 5 aliphatic rings. The first-order valence-electron chi connectivity index (χ1n) is 14.2. The van der Waals surface area contributed by atoms with Crippen LogP contribution in [0.2, 0.25) is 0 Å². The van der Waals surface area contributed by atoms with Crippen molar-refractivity contribution in [2.45, 2.75) is 109 Å². The molecular weight excluding hydrogens is 484 g/mol. The van der Waals surface area contributed by atoms with Crippen molar-refractivity contribution in [3.05, 3.63) is 47.1 Å².